The molecule has 5 nitrogen and oxygen atoms in total. The van der Waals surface area contributed by atoms with Gasteiger partial charge in [-0.15, -0.1) is 0 Å². The Bertz CT molecular complexity index is 644. The molecule has 0 amide bonds. The molecule has 1 aromatic carbocycles. The summed E-state index contributed by atoms with van der Waals surface area (Å²) in [5, 5.41) is 11.1. The van der Waals surface area contributed by atoms with Crippen molar-refractivity contribution in [3.63, 3.8) is 0 Å². The molecular weight excluding hydrogens is 321 g/mol. The Morgan fingerprint density at radius 1 is 1.13 bits per heavy atom. The molecule has 2 rings (SSSR count). The van der Waals surface area contributed by atoms with Gasteiger partial charge in [-0.3, -0.25) is 10.1 Å². The molecule has 1 aromatic rings. The molecule has 0 N–H and O–H groups in total. The molecular formula is C13H14BF4NO4. The zero-order valence-corrected chi connectivity index (χ0v) is 12.8. The van der Waals surface area contributed by atoms with E-state index in [-0.39, 0.29) is 11.5 Å². The summed E-state index contributed by atoms with van der Waals surface area (Å²) in [6, 6.07) is 0.610. The van der Waals surface area contributed by atoms with E-state index in [0.717, 1.165) is 0 Å². The standard InChI is InChI=1S/C13H14BF4NO4/c1-11(2)12(3,4)23-14(22-11)8-6-9(15)7(13(16,17)18)5-10(8)19(20)21/h5-6H,1-4H3. The average Bonchev–Trinajstić information content (AvgIpc) is 2.56. The minimum Gasteiger partial charge on any atom is -0.399 e. The van der Waals surface area contributed by atoms with Crippen LogP contribution in [0.2, 0.25) is 0 Å². The maximum atomic E-state index is 13.8. The summed E-state index contributed by atoms with van der Waals surface area (Å²) in [7, 11) is -1.34. The van der Waals surface area contributed by atoms with Crippen molar-refractivity contribution in [2.24, 2.45) is 0 Å². The van der Waals surface area contributed by atoms with Crippen LogP contribution in [0.25, 0.3) is 0 Å². The van der Waals surface area contributed by atoms with Crippen molar-refractivity contribution in [3.05, 3.63) is 33.6 Å². The second kappa shape index (κ2) is 5.17. The van der Waals surface area contributed by atoms with E-state index < -0.39 is 46.5 Å². The Labute approximate surface area is 129 Å². The molecule has 1 heterocycles. The number of nitro groups is 1. The predicted molar refractivity (Wildman–Crippen MR) is 73.8 cm³/mol. The number of halogens is 4. The first kappa shape index (κ1) is 17.7. The summed E-state index contributed by atoms with van der Waals surface area (Å²) in [5.74, 6) is -1.62. The van der Waals surface area contributed by atoms with Crippen molar-refractivity contribution in [1.29, 1.82) is 0 Å². The van der Waals surface area contributed by atoms with Crippen LogP contribution >= 0.6 is 0 Å². The van der Waals surface area contributed by atoms with Crippen molar-refractivity contribution >= 4 is 18.3 Å². The van der Waals surface area contributed by atoms with E-state index in [9.17, 15) is 27.7 Å². The van der Waals surface area contributed by atoms with E-state index in [1.165, 1.54) is 0 Å². The maximum Gasteiger partial charge on any atom is 0.502 e. The maximum absolute atomic E-state index is 13.8. The van der Waals surface area contributed by atoms with Crippen LogP contribution in [-0.2, 0) is 15.5 Å². The molecule has 0 radical (unpaired) electrons. The van der Waals surface area contributed by atoms with Crippen LogP contribution in [0.5, 0.6) is 0 Å². The quantitative estimate of drug-likeness (QED) is 0.361. The Morgan fingerprint density at radius 3 is 2.00 bits per heavy atom. The van der Waals surface area contributed by atoms with Crippen molar-refractivity contribution in [1.82, 2.24) is 0 Å². The highest BCUT2D eigenvalue weighted by atomic mass is 19.4. The summed E-state index contributed by atoms with van der Waals surface area (Å²) in [5.41, 5.74) is -4.74. The summed E-state index contributed by atoms with van der Waals surface area (Å²) in [6.45, 7) is 6.66. The third-order valence-electron chi connectivity index (χ3n) is 4.13. The minimum atomic E-state index is -5.04. The fourth-order valence-electron chi connectivity index (χ4n) is 2.11. The van der Waals surface area contributed by atoms with Crippen LogP contribution in [-0.4, -0.2) is 23.2 Å². The van der Waals surface area contributed by atoms with Crippen LogP contribution in [0, 0.1) is 15.9 Å². The minimum absolute atomic E-state index is 0.162. The van der Waals surface area contributed by atoms with Crippen molar-refractivity contribution in [2.75, 3.05) is 0 Å². The van der Waals surface area contributed by atoms with Crippen molar-refractivity contribution in [2.45, 2.75) is 45.1 Å². The van der Waals surface area contributed by atoms with Gasteiger partial charge in [0, 0.05) is 6.07 Å². The molecule has 1 aliphatic rings. The van der Waals surface area contributed by atoms with Crippen LogP contribution in [0.4, 0.5) is 23.2 Å². The predicted octanol–water partition coefficient (Wildman–Crippen LogP) is 3.05. The molecule has 0 aromatic heterocycles. The molecule has 0 atom stereocenters. The molecule has 126 valence electrons. The average molecular weight is 335 g/mol. The van der Waals surface area contributed by atoms with Gasteiger partial charge in [-0.1, -0.05) is 0 Å². The molecule has 0 bridgehead atoms. The van der Waals surface area contributed by atoms with Crippen molar-refractivity contribution < 1.29 is 31.8 Å². The highest BCUT2D eigenvalue weighted by Gasteiger charge is 2.54. The van der Waals surface area contributed by atoms with E-state index in [2.05, 4.69) is 0 Å². The zero-order chi connectivity index (χ0) is 17.8. The monoisotopic (exact) mass is 335 g/mol. The van der Waals surface area contributed by atoms with Gasteiger partial charge in [0.1, 0.15) is 5.82 Å². The molecule has 0 spiro atoms. The Kier molecular flexibility index (Phi) is 3.97. The largest absolute Gasteiger partial charge is 0.502 e. The molecule has 1 fully saturated rings. The first-order chi connectivity index (χ1) is 10.3. The topological polar surface area (TPSA) is 61.6 Å². The van der Waals surface area contributed by atoms with E-state index in [0.29, 0.717) is 6.07 Å². The van der Waals surface area contributed by atoms with Gasteiger partial charge in [0.15, 0.2) is 0 Å². The number of hydrogen-bond acceptors (Lipinski definition) is 4. The van der Waals surface area contributed by atoms with Gasteiger partial charge in [-0.25, -0.2) is 4.39 Å². The van der Waals surface area contributed by atoms with Gasteiger partial charge in [-0.2, -0.15) is 13.2 Å². The lowest BCUT2D eigenvalue weighted by Crippen LogP contribution is -2.41. The highest BCUT2D eigenvalue weighted by Crippen LogP contribution is 2.38. The van der Waals surface area contributed by atoms with Crippen molar-refractivity contribution in [3.8, 4) is 0 Å². The van der Waals surface area contributed by atoms with Crippen LogP contribution < -0.4 is 5.46 Å². The lowest BCUT2D eigenvalue weighted by atomic mass is 9.77. The normalized spacial score (nSPS) is 19.9. The SMILES string of the molecule is CC1(C)OB(c2cc(F)c(C(F)(F)F)cc2[N+](=O)[O-])OC1(C)C. The van der Waals surface area contributed by atoms with Crippen LogP contribution in [0.1, 0.15) is 33.3 Å². The number of hydrogen-bond donors (Lipinski definition) is 0. The van der Waals surface area contributed by atoms with Gasteiger partial charge in [0.2, 0.25) is 0 Å². The van der Waals surface area contributed by atoms with E-state index in [1.807, 2.05) is 0 Å². The molecule has 23 heavy (non-hydrogen) atoms. The van der Waals surface area contributed by atoms with E-state index >= 15 is 0 Å². The first-order valence-electron chi connectivity index (χ1n) is 6.67. The number of nitro benzene ring substituents is 1. The highest BCUT2D eigenvalue weighted by molar-refractivity contribution is 6.63. The number of benzene rings is 1. The Balaban J connectivity index is 2.56. The molecule has 1 aliphatic heterocycles. The second-order valence-corrected chi connectivity index (χ2v) is 6.23. The van der Waals surface area contributed by atoms with Gasteiger partial charge in [0.05, 0.1) is 27.2 Å². The zero-order valence-electron chi connectivity index (χ0n) is 12.8. The number of alkyl halides is 3. The summed E-state index contributed by atoms with van der Waals surface area (Å²) >= 11 is 0. The molecule has 0 saturated carbocycles. The first-order valence-corrected chi connectivity index (χ1v) is 6.67. The second-order valence-electron chi connectivity index (χ2n) is 6.23. The Morgan fingerprint density at radius 2 is 1.61 bits per heavy atom. The molecule has 10 heteroatoms. The van der Waals surface area contributed by atoms with Crippen LogP contribution in [0.15, 0.2) is 12.1 Å². The third kappa shape index (κ3) is 3.05. The number of rotatable bonds is 2. The Hall–Kier alpha value is -1.68. The van der Waals surface area contributed by atoms with Crippen LogP contribution in [0.3, 0.4) is 0 Å². The molecule has 0 aliphatic carbocycles. The summed E-state index contributed by atoms with van der Waals surface area (Å²) < 4.78 is 63.0. The van der Waals surface area contributed by atoms with Gasteiger partial charge in [0.25, 0.3) is 5.69 Å². The molecule has 0 unspecified atom stereocenters. The lowest BCUT2D eigenvalue weighted by Gasteiger charge is -2.32. The number of nitrogens with zero attached hydrogens (tertiary/aromatic N) is 1. The van der Waals surface area contributed by atoms with E-state index in [4.69, 9.17) is 9.31 Å². The van der Waals surface area contributed by atoms with E-state index in [1.54, 1.807) is 27.7 Å². The van der Waals surface area contributed by atoms with Gasteiger partial charge < -0.3 is 9.31 Å². The summed E-state index contributed by atoms with van der Waals surface area (Å²) in [4.78, 5) is 10.1. The third-order valence-corrected chi connectivity index (χ3v) is 4.13. The fourth-order valence-corrected chi connectivity index (χ4v) is 2.11. The van der Waals surface area contributed by atoms with Gasteiger partial charge in [-0.05, 0) is 33.8 Å². The molecule has 1 saturated heterocycles. The lowest BCUT2D eigenvalue weighted by molar-refractivity contribution is -0.384. The summed E-state index contributed by atoms with van der Waals surface area (Å²) in [6.07, 6.45) is -5.04. The van der Waals surface area contributed by atoms with Gasteiger partial charge >= 0.3 is 13.3 Å². The smallest absolute Gasteiger partial charge is 0.399 e. The fraction of sp³-hybridized carbons (Fsp3) is 0.538.